The van der Waals surface area contributed by atoms with Crippen LogP contribution in [0.3, 0.4) is 0 Å². The van der Waals surface area contributed by atoms with Gasteiger partial charge in [-0.05, 0) is 36.4 Å². The second-order valence-corrected chi connectivity index (χ2v) is 17.2. The summed E-state index contributed by atoms with van der Waals surface area (Å²) in [6.07, 6.45) is 1.08. The molecule has 0 saturated carbocycles. The van der Waals surface area contributed by atoms with Crippen molar-refractivity contribution in [2.45, 2.75) is 37.3 Å². The summed E-state index contributed by atoms with van der Waals surface area (Å²) >= 11 is 6.07. The predicted molar refractivity (Wildman–Crippen MR) is 139 cm³/mol. The van der Waals surface area contributed by atoms with Crippen LogP contribution in [0.5, 0.6) is 0 Å². The molecule has 0 fully saturated rings. The second kappa shape index (κ2) is 10.7. The smallest absolute Gasteiger partial charge is 0.274 e. The molecule has 2 N–H and O–H groups in total. The van der Waals surface area contributed by atoms with E-state index in [9.17, 15) is 13.2 Å². The fraction of sp³-hybridized carbons (Fsp3) is 0.304. The van der Waals surface area contributed by atoms with E-state index in [4.69, 9.17) is 16.3 Å². The van der Waals surface area contributed by atoms with Crippen LogP contribution >= 0.6 is 11.6 Å². The Hall–Kier alpha value is -2.66. The number of hydrogen-bond donors (Lipinski definition) is 2. The number of hydrogen-bond acceptors (Lipinski definition) is 6. The Morgan fingerprint density at radius 2 is 1.79 bits per heavy atom. The highest BCUT2D eigenvalue weighted by Gasteiger charge is 2.19. The number of carbonyl (C=O) groups excluding carboxylic acids is 1. The van der Waals surface area contributed by atoms with Crippen LogP contribution in [-0.2, 0) is 21.3 Å². The third kappa shape index (κ3) is 7.69. The van der Waals surface area contributed by atoms with Gasteiger partial charge in [0, 0.05) is 43.4 Å². The first kappa shape index (κ1) is 26.0. The number of carbonyl (C=O) groups is 1. The van der Waals surface area contributed by atoms with Gasteiger partial charge in [0.2, 0.25) is 0 Å². The maximum Gasteiger partial charge on any atom is 0.274 e. The molecule has 0 aliphatic heterocycles. The van der Waals surface area contributed by atoms with Crippen molar-refractivity contribution in [1.82, 2.24) is 9.78 Å². The number of anilines is 3. The first-order chi connectivity index (χ1) is 15.9. The summed E-state index contributed by atoms with van der Waals surface area (Å²) in [6, 6.07) is 16.3. The fourth-order valence-electron chi connectivity index (χ4n) is 3.00. The molecule has 0 unspecified atom stereocenters. The van der Waals surface area contributed by atoms with E-state index in [2.05, 4.69) is 35.4 Å². The van der Waals surface area contributed by atoms with E-state index < -0.39 is 23.8 Å². The van der Waals surface area contributed by atoms with Crippen molar-refractivity contribution in [3.05, 3.63) is 65.3 Å². The molecule has 0 spiro atoms. The molecule has 3 aromatic rings. The van der Waals surface area contributed by atoms with E-state index in [1.54, 1.807) is 6.07 Å². The molecule has 8 nitrogen and oxygen atoms in total. The minimum atomic E-state index is -3.49. The molecule has 0 bridgehead atoms. The van der Waals surface area contributed by atoms with Gasteiger partial charge in [0.05, 0.1) is 4.90 Å². The third-order valence-corrected chi connectivity index (χ3v) is 7.84. The number of rotatable bonds is 10. The van der Waals surface area contributed by atoms with E-state index in [1.807, 2.05) is 30.3 Å². The lowest BCUT2D eigenvalue weighted by molar-refractivity contribution is 0.0739. The monoisotopic (exact) mass is 520 g/mol. The number of nitrogens with one attached hydrogen (secondary N) is 2. The molecule has 0 aliphatic rings. The molecule has 1 heterocycles. The molecule has 1 aromatic heterocycles. The Morgan fingerprint density at radius 3 is 2.44 bits per heavy atom. The summed E-state index contributed by atoms with van der Waals surface area (Å²) in [4.78, 5) is 13.1. The molecule has 11 heteroatoms. The minimum Gasteiger partial charge on any atom is -0.360 e. The molecule has 2 aromatic carbocycles. The van der Waals surface area contributed by atoms with Crippen molar-refractivity contribution in [3.8, 4) is 0 Å². The van der Waals surface area contributed by atoms with Crippen molar-refractivity contribution < 1.29 is 17.9 Å². The quantitative estimate of drug-likeness (QED) is 0.279. The van der Waals surface area contributed by atoms with E-state index in [0.717, 1.165) is 18.0 Å². The van der Waals surface area contributed by atoms with Crippen LogP contribution in [0.2, 0.25) is 30.7 Å². The molecule has 34 heavy (non-hydrogen) atoms. The van der Waals surface area contributed by atoms with Gasteiger partial charge in [0.25, 0.3) is 5.91 Å². The maximum absolute atomic E-state index is 13.1. The first-order valence-electron chi connectivity index (χ1n) is 10.7. The zero-order chi connectivity index (χ0) is 24.9. The summed E-state index contributed by atoms with van der Waals surface area (Å²) in [7, 11) is -4.76. The van der Waals surface area contributed by atoms with Crippen molar-refractivity contribution in [3.63, 3.8) is 0 Å². The molecule has 0 saturated heterocycles. The average molecular weight is 521 g/mol. The van der Waals surface area contributed by atoms with Crippen LogP contribution in [0.4, 0.5) is 17.2 Å². The van der Waals surface area contributed by atoms with E-state index in [-0.39, 0.29) is 28.0 Å². The number of sulfone groups is 1. The highest BCUT2D eigenvalue weighted by atomic mass is 35.5. The number of aromatic nitrogens is 2. The number of amides is 1. The summed E-state index contributed by atoms with van der Waals surface area (Å²) in [5.41, 5.74) is 1.35. The summed E-state index contributed by atoms with van der Waals surface area (Å²) in [6.45, 7) is 7.47. The van der Waals surface area contributed by atoms with Crippen LogP contribution in [0, 0.1) is 0 Å². The number of ether oxygens (including phenoxy) is 1. The SMILES string of the molecule is C[Si](C)(C)CCOCn1nc(Nc2ccccc2)cc1C(=O)Nc1cc(Cl)cc(S(C)(=O)=O)c1. The fourth-order valence-corrected chi connectivity index (χ4v) is 4.74. The van der Waals surface area contributed by atoms with Crippen LogP contribution < -0.4 is 10.6 Å². The Morgan fingerprint density at radius 1 is 1.09 bits per heavy atom. The number of nitrogens with zero attached hydrogens (tertiary/aromatic N) is 2. The van der Waals surface area contributed by atoms with Gasteiger partial charge in [-0.15, -0.1) is 0 Å². The van der Waals surface area contributed by atoms with Gasteiger partial charge in [-0.3, -0.25) is 4.79 Å². The van der Waals surface area contributed by atoms with Crippen molar-refractivity contribution in [2.24, 2.45) is 0 Å². The maximum atomic E-state index is 13.1. The van der Waals surface area contributed by atoms with Crippen molar-refractivity contribution >= 4 is 52.6 Å². The van der Waals surface area contributed by atoms with Gasteiger partial charge in [0.15, 0.2) is 15.7 Å². The van der Waals surface area contributed by atoms with Gasteiger partial charge in [-0.2, -0.15) is 5.10 Å². The van der Waals surface area contributed by atoms with Crippen LogP contribution in [0.15, 0.2) is 59.5 Å². The Kier molecular flexibility index (Phi) is 8.19. The molecule has 3 rings (SSSR count). The first-order valence-corrected chi connectivity index (χ1v) is 16.7. The highest BCUT2D eigenvalue weighted by Crippen LogP contribution is 2.24. The minimum absolute atomic E-state index is 0.0184. The number of para-hydroxylation sites is 1. The zero-order valence-corrected chi connectivity index (χ0v) is 22.2. The highest BCUT2D eigenvalue weighted by molar-refractivity contribution is 7.90. The van der Waals surface area contributed by atoms with E-state index in [1.165, 1.54) is 22.9 Å². The van der Waals surface area contributed by atoms with Gasteiger partial charge in [-0.25, -0.2) is 13.1 Å². The van der Waals surface area contributed by atoms with Crippen LogP contribution in [0.25, 0.3) is 0 Å². The van der Waals surface area contributed by atoms with Crippen LogP contribution in [0.1, 0.15) is 10.5 Å². The Labute approximate surface area is 206 Å². The van der Waals surface area contributed by atoms with E-state index >= 15 is 0 Å². The third-order valence-electron chi connectivity index (χ3n) is 4.83. The summed E-state index contributed by atoms with van der Waals surface area (Å²) in [5, 5.41) is 10.6. The van der Waals surface area contributed by atoms with E-state index in [0.29, 0.717) is 12.4 Å². The topological polar surface area (TPSA) is 102 Å². The van der Waals surface area contributed by atoms with Crippen LogP contribution in [-0.4, -0.2) is 45.0 Å². The molecule has 0 aliphatic carbocycles. The lowest BCUT2D eigenvalue weighted by Gasteiger charge is -2.16. The Balaban J connectivity index is 1.84. The summed E-state index contributed by atoms with van der Waals surface area (Å²) in [5.74, 6) is 0.0113. The normalized spacial score (nSPS) is 11.9. The number of benzene rings is 2. The molecule has 1 amide bonds. The molecule has 182 valence electrons. The number of halogens is 1. The van der Waals surface area contributed by atoms with Gasteiger partial charge in [-0.1, -0.05) is 49.4 Å². The largest absolute Gasteiger partial charge is 0.360 e. The van der Waals surface area contributed by atoms with Gasteiger partial charge >= 0.3 is 0 Å². The predicted octanol–water partition coefficient (Wildman–Crippen LogP) is 5.25. The lowest BCUT2D eigenvalue weighted by Crippen LogP contribution is -2.23. The standard InChI is InChI=1S/C23H29ClN4O4SSi/c1-33(30,31)20-13-17(24)12-19(14-20)26-23(29)21-15-22(25-18-8-6-5-7-9-18)27-28(21)16-32-10-11-34(2,3)4/h5-9,12-15H,10-11,16H2,1-4H3,(H,25,27)(H,26,29). The van der Waals surface area contributed by atoms with Gasteiger partial charge < -0.3 is 15.4 Å². The molecular formula is C23H29ClN4O4SSi. The zero-order valence-electron chi connectivity index (χ0n) is 19.6. The van der Waals surface area contributed by atoms with Crippen molar-refractivity contribution in [1.29, 1.82) is 0 Å². The molecular weight excluding hydrogens is 492 g/mol. The Bertz CT molecular complexity index is 1260. The second-order valence-electron chi connectivity index (χ2n) is 9.16. The lowest BCUT2D eigenvalue weighted by atomic mass is 10.3. The van der Waals surface area contributed by atoms with Crippen molar-refractivity contribution in [2.75, 3.05) is 23.5 Å². The molecule has 0 atom stereocenters. The van der Waals surface area contributed by atoms with Gasteiger partial charge in [0.1, 0.15) is 12.4 Å². The average Bonchev–Trinajstić information content (AvgIpc) is 3.13. The molecule has 0 radical (unpaired) electrons. The summed E-state index contributed by atoms with van der Waals surface area (Å²) < 4.78 is 31.2.